The van der Waals surface area contributed by atoms with Crippen LogP contribution in [-0.2, 0) is 23.7 Å². The van der Waals surface area contributed by atoms with Gasteiger partial charge in [-0.1, -0.05) is 13.8 Å². The predicted molar refractivity (Wildman–Crippen MR) is 275 cm³/mol. The van der Waals surface area contributed by atoms with E-state index in [1.165, 1.54) is 22.3 Å². The number of hydrogen-bond acceptors (Lipinski definition) is 9. The van der Waals surface area contributed by atoms with Gasteiger partial charge < -0.3 is 35.9 Å². The lowest BCUT2D eigenvalue weighted by molar-refractivity contribution is 0.0695. The SMILES string of the molecule is CC1CC2(Cc3cn[nH]c3-c3[nH]c4ccc(C(=O)NC5CCN(C(=O)c6cccnc6)C5)cc4c32)C1.CC1CC2(Cc3cn[nH]c3-c3[nH]c4ccc(C(=O)O)cc4c32)C1.NC1CCN(C(=O)c2cccnc2)C1. The van der Waals surface area contributed by atoms with E-state index in [1.807, 2.05) is 42.7 Å². The molecular formula is C56H58N12O5. The van der Waals surface area contributed by atoms with Gasteiger partial charge in [-0.15, -0.1) is 0 Å². The highest BCUT2D eigenvalue weighted by atomic mass is 16.4. The number of hydrogen-bond donors (Lipinski definition) is 7. The number of carboxylic acid groups (broad SMARTS) is 1. The fourth-order valence-electron chi connectivity index (χ4n) is 13.3. The Hall–Kier alpha value is -7.92. The van der Waals surface area contributed by atoms with E-state index in [9.17, 15) is 24.3 Å². The smallest absolute Gasteiger partial charge is 0.335 e. The summed E-state index contributed by atoms with van der Waals surface area (Å²) < 4.78 is 0. The quantitative estimate of drug-likeness (QED) is 0.0892. The molecule has 73 heavy (non-hydrogen) atoms. The van der Waals surface area contributed by atoms with E-state index < -0.39 is 5.97 Å². The first-order valence-electron chi connectivity index (χ1n) is 25.4. The van der Waals surface area contributed by atoms with Crippen LogP contribution in [-0.4, -0.2) is 117 Å². The zero-order valence-corrected chi connectivity index (χ0v) is 40.9. The Morgan fingerprint density at radius 1 is 0.644 bits per heavy atom. The maximum atomic E-state index is 13.3. The average Bonchev–Trinajstić information content (AvgIpc) is 4.26. The molecule has 0 radical (unpaired) electrons. The number of benzene rings is 2. The molecule has 14 rings (SSSR count). The Morgan fingerprint density at radius 3 is 1.63 bits per heavy atom. The molecule has 2 atom stereocenters. The summed E-state index contributed by atoms with van der Waals surface area (Å²) in [6, 6.07) is 18.4. The molecule has 17 nitrogen and oxygen atoms in total. The molecule has 2 saturated carbocycles. The number of aromatic nitrogens is 8. The van der Waals surface area contributed by atoms with Crippen molar-refractivity contribution in [2.24, 2.45) is 17.6 Å². The third-order valence-corrected chi connectivity index (χ3v) is 16.3. The lowest BCUT2D eigenvalue weighted by atomic mass is 9.54. The summed E-state index contributed by atoms with van der Waals surface area (Å²) in [4.78, 5) is 67.9. The Labute approximate surface area is 420 Å². The van der Waals surface area contributed by atoms with E-state index in [1.54, 1.807) is 64.9 Å². The van der Waals surface area contributed by atoms with E-state index in [0.29, 0.717) is 53.7 Å². The third-order valence-electron chi connectivity index (χ3n) is 16.3. The lowest BCUT2D eigenvalue weighted by Gasteiger charge is -2.49. The van der Waals surface area contributed by atoms with Gasteiger partial charge in [-0.2, -0.15) is 10.2 Å². The summed E-state index contributed by atoms with van der Waals surface area (Å²) >= 11 is 0. The van der Waals surface area contributed by atoms with Crippen molar-refractivity contribution in [1.82, 2.24) is 55.4 Å². The number of rotatable bonds is 5. The summed E-state index contributed by atoms with van der Waals surface area (Å²) in [5.41, 5.74) is 19.7. The molecule has 8 heterocycles. The van der Waals surface area contributed by atoms with Gasteiger partial charge in [0.05, 0.1) is 51.9 Å². The van der Waals surface area contributed by atoms with E-state index in [2.05, 4.69) is 59.5 Å². The van der Waals surface area contributed by atoms with Crippen LogP contribution in [0.3, 0.4) is 0 Å². The summed E-state index contributed by atoms with van der Waals surface area (Å²) in [6.45, 7) is 7.14. The van der Waals surface area contributed by atoms with Crippen LogP contribution in [0.1, 0.15) is 116 Å². The summed E-state index contributed by atoms with van der Waals surface area (Å²) in [5.74, 6) is 0.424. The molecule has 3 amide bonds. The van der Waals surface area contributed by atoms with Gasteiger partial charge in [-0.25, -0.2) is 4.79 Å². The van der Waals surface area contributed by atoms with Crippen molar-refractivity contribution >= 4 is 45.5 Å². The molecule has 2 spiro atoms. The predicted octanol–water partition coefficient (Wildman–Crippen LogP) is 7.56. The number of nitrogens with zero attached hydrogens (tertiary/aromatic N) is 6. The van der Waals surface area contributed by atoms with Gasteiger partial charge in [-0.3, -0.25) is 34.5 Å². The fraction of sp³-hybridized carbons (Fsp3) is 0.357. The molecule has 2 aliphatic heterocycles. The minimum absolute atomic E-state index is 0.0334. The topological polar surface area (TPSA) is 248 Å². The van der Waals surface area contributed by atoms with Crippen LogP contribution in [0.2, 0.25) is 0 Å². The monoisotopic (exact) mass is 978 g/mol. The highest BCUT2D eigenvalue weighted by molar-refractivity contribution is 6.02. The van der Waals surface area contributed by atoms with Crippen molar-refractivity contribution in [2.75, 3.05) is 26.2 Å². The summed E-state index contributed by atoms with van der Waals surface area (Å²) in [5, 5.41) is 29.5. The van der Waals surface area contributed by atoms with Crippen molar-refractivity contribution in [3.8, 4) is 22.8 Å². The Bertz CT molecular complexity index is 3440. The number of carbonyl (C=O) groups excluding carboxylic acids is 3. The third kappa shape index (κ3) is 8.15. The average molecular weight is 979 g/mol. The molecule has 6 aliphatic rings. The molecule has 0 bridgehead atoms. The zero-order valence-electron chi connectivity index (χ0n) is 40.9. The highest BCUT2D eigenvalue weighted by Crippen LogP contribution is 2.59. The second-order valence-electron chi connectivity index (χ2n) is 21.6. The molecule has 372 valence electrons. The number of nitrogens with two attached hydrogens (primary N) is 1. The molecule has 2 saturated heterocycles. The number of nitrogens with one attached hydrogen (secondary N) is 5. The first kappa shape index (κ1) is 46.2. The molecule has 8 aromatic rings. The number of H-pyrrole nitrogens is 4. The number of amides is 3. The molecule has 8 N–H and O–H groups in total. The number of aromatic carboxylic acids is 1. The molecule has 6 aromatic heterocycles. The van der Waals surface area contributed by atoms with Crippen LogP contribution in [0.4, 0.5) is 0 Å². The van der Waals surface area contributed by atoms with Crippen molar-refractivity contribution in [3.63, 3.8) is 0 Å². The van der Waals surface area contributed by atoms with Crippen LogP contribution in [0, 0.1) is 11.8 Å². The lowest BCUT2D eigenvalue weighted by Crippen LogP contribution is -2.43. The van der Waals surface area contributed by atoms with Gasteiger partial charge in [0.1, 0.15) is 0 Å². The van der Waals surface area contributed by atoms with Crippen LogP contribution in [0.5, 0.6) is 0 Å². The number of fused-ring (bicyclic) bond motifs is 12. The van der Waals surface area contributed by atoms with Crippen LogP contribution < -0.4 is 11.1 Å². The van der Waals surface area contributed by atoms with E-state index >= 15 is 0 Å². The minimum Gasteiger partial charge on any atom is -0.478 e. The van der Waals surface area contributed by atoms with Crippen molar-refractivity contribution in [2.45, 2.75) is 88.1 Å². The zero-order chi connectivity index (χ0) is 50.2. The maximum absolute atomic E-state index is 13.3. The number of carboxylic acids is 1. The first-order valence-corrected chi connectivity index (χ1v) is 25.4. The standard InChI is InChI=1S/C28H28N6O2.C18H17N3O2.C10H13N3O/c1-16-10-28(11-16)12-19-14-30-33-24(19)25-23(28)21-9-17(4-5-22(21)32-25)26(35)31-20-6-8-34(15-20)27(36)18-3-2-7-29-13-18;1-9-5-18(6-9)7-11-8-19-21-15(11)16-14(18)12-4-10(17(22)23)2-3-13(12)20-16;11-9-3-5-13(7-9)10(14)8-2-1-4-12-6-8/h2-5,7,9,13-14,16,20,32H,6,8,10-12,15H2,1H3,(H,30,33)(H,31,35);2-4,8-9,20H,5-7H2,1H3,(H,19,21)(H,22,23);1-2,4,6,9H,3,5,7,11H2. The Kier molecular flexibility index (Phi) is 11.4. The molecule has 2 unspecified atom stereocenters. The van der Waals surface area contributed by atoms with E-state index in [0.717, 1.165) is 102 Å². The normalized spacial score (nSPS) is 24.0. The fourth-order valence-corrected chi connectivity index (χ4v) is 13.3. The van der Waals surface area contributed by atoms with Crippen LogP contribution >= 0.6 is 0 Å². The van der Waals surface area contributed by atoms with Crippen molar-refractivity contribution in [1.29, 1.82) is 0 Å². The first-order chi connectivity index (χ1) is 35.3. The Morgan fingerprint density at radius 2 is 1.15 bits per heavy atom. The van der Waals surface area contributed by atoms with Crippen LogP contribution in [0.25, 0.3) is 44.6 Å². The van der Waals surface area contributed by atoms with Crippen molar-refractivity contribution < 1.29 is 24.3 Å². The second-order valence-corrected chi connectivity index (χ2v) is 21.6. The van der Waals surface area contributed by atoms with Gasteiger partial charge >= 0.3 is 5.97 Å². The molecule has 4 fully saturated rings. The second kappa shape index (κ2) is 18.0. The molecule has 17 heteroatoms. The van der Waals surface area contributed by atoms with Gasteiger partial charge in [-0.05, 0) is 135 Å². The van der Waals surface area contributed by atoms with Crippen molar-refractivity contribution in [3.05, 3.63) is 142 Å². The van der Waals surface area contributed by atoms with Gasteiger partial charge in [0.2, 0.25) is 0 Å². The van der Waals surface area contributed by atoms with Crippen LogP contribution in [0.15, 0.2) is 97.8 Å². The molecule has 2 aromatic carbocycles. The number of carbonyl (C=O) groups is 4. The minimum atomic E-state index is -0.879. The van der Waals surface area contributed by atoms with E-state index in [4.69, 9.17) is 5.73 Å². The van der Waals surface area contributed by atoms with Gasteiger partial charge in [0.25, 0.3) is 17.7 Å². The van der Waals surface area contributed by atoms with Gasteiger partial charge in [0.15, 0.2) is 0 Å². The number of aromatic amines is 4. The highest BCUT2D eigenvalue weighted by Gasteiger charge is 2.51. The van der Waals surface area contributed by atoms with Gasteiger partial charge in [0, 0.05) is 112 Å². The maximum Gasteiger partial charge on any atom is 0.335 e. The summed E-state index contributed by atoms with van der Waals surface area (Å²) in [6.07, 6.45) is 18.6. The number of likely N-dealkylation sites (tertiary alicyclic amines) is 2. The molecular weight excluding hydrogens is 921 g/mol. The number of pyridine rings is 2. The summed E-state index contributed by atoms with van der Waals surface area (Å²) in [7, 11) is 0. The largest absolute Gasteiger partial charge is 0.478 e. The molecule has 4 aliphatic carbocycles. The van der Waals surface area contributed by atoms with E-state index in [-0.39, 0.29) is 40.6 Å². The Balaban J connectivity index is 0.000000125.